The molecule has 0 bridgehead atoms. The summed E-state index contributed by atoms with van der Waals surface area (Å²) in [6, 6.07) is 11.7. The molecule has 18 heavy (non-hydrogen) atoms. The maximum atomic E-state index is 6.09. The van der Waals surface area contributed by atoms with Gasteiger partial charge in [0.25, 0.3) is 0 Å². The minimum absolute atomic E-state index is 0.674. The summed E-state index contributed by atoms with van der Waals surface area (Å²) in [7, 11) is 0. The van der Waals surface area contributed by atoms with E-state index < -0.39 is 0 Å². The van der Waals surface area contributed by atoms with Gasteiger partial charge in [0.1, 0.15) is 0 Å². The summed E-state index contributed by atoms with van der Waals surface area (Å²) in [5.74, 6) is 0. The lowest BCUT2D eigenvalue weighted by molar-refractivity contribution is 1.14. The Morgan fingerprint density at radius 2 is 1.89 bits per heavy atom. The third-order valence-electron chi connectivity index (χ3n) is 2.63. The molecule has 0 aliphatic heterocycles. The number of anilines is 1. The van der Waals surface area contributed by atoms with Crippen molar-refractivity contribution in [3.63, 3.8) is 0 Å². The van der Waals surface area contributed by atoms with Gasteiger partial charge in [-0.1, -0.05) is 51.3 Å². The van der Waals surface area contributed by atoms with Crippen molar-refractivity contribution in [1.29, 1.82) is 0 Å². The van der Waals surface area contributed by atoms with Crippen LogP contribution in [0.25, 0.3) is 0 Å². The Balaban J connectivity index is 2.11. The van der Waals surface area contributed by atoms with Crippen LogP contribution in [0.4, 0.5) is 5.69 Å². The van der Waals surface area contributed by atoms with Crippen LogP contribution in [-0.2, 0) is 6.54 Å². The first-order valence-corrected chi connectivity index (χ1v) is 7.05. The van der Waals surface area contributed by atoms with Gasteiger partial charge in [-0.05, 0) is 42.3 Å². The highest BCUT2D eigenvalue weighted by Crippen LogP contribution is 2.26. The minimum Gasteiger partial charge on any atom is -0.380 e. The minimum atomic E-state index is 0.674. The highest BCUT2D eigenvalue weighted by Gasteiger charge is 2.02. The van der Waals surface area contributed by atoms with Crippen LogP contribution < -0.4 is 5.32 Å². The standard InChI is InChI=1S/C14H12BrCl2N/c1-9-6-10(2-4-12(9)15)8-18-14-7-11(16)3-5-13(14)17/h2-7,18H,8H2,1H3. The Bertz CT molecular complexity index is 570. The molecule has 0 fully saturated rings. The maximum absolute atomic E-state index is 6.09. The fraction of sp³-hybridized carbons (Fsp3) is 0.143. The summed E-state index contributed by atoms with van der Waals surface area (Å²) in [6.07, 6.45) is 0. The summed E-state index contributed by atoms with van der Waals surface area (Å²) >= 11 is 15.5. The molecule has 0 aromatic heterocycles. The number of hydrogen-bond donors (Lipinski definition) is 1. The molecule has 0 spiro atoms. The lowest BCUT2D eigenvalue weighted by Gasteiger charge is -2.10. The van der Waals surface area contributed by atoms with E-state index in [1.807, 2.05) is 12.1 Å². The van der Waals surface area contributed by atoms with Gasteiger partial charge in [-0.2, -0.15) is 0 Å². The SMILES string of the molecule is Cc1cc(CNc2cc(Cl)ccc2Cl)ccc1Br. The number of halogens is 3. The predicted octanol–water partition coefficient (Wildman–Crippen LogP) is 5.68. The summed E-state index contributed by atoms with van der Waals surface area (Å²) < 4.78 is 1.12. The molecule has 4 heteroatoms. The van der Waals surface area contributed by atoms with Crippen LogP contribution in [-0.4, -0.2) is 0 Å². The fourth-order valence-corrected chi connectivity index (χ4v) is 2.25. The number of rotatable bonds is 3. The Morgan fingerprint density at radius 1 is 1.11 bits per heavy atom. The van der Waals surface area contributed by atoms with Crippen molar-refractivity contribution >= 4 is 44.8 Å². The number of benzene rings is 2. The van der Waals surface area contributed by atoms with Crippen molar-refractivity contribution in [2.75, 3.05) is 5.32 Å². The molecular weight excluding hydrogens is 333 g/mol. The Kier molecular flexibility index (Phi) is 4.55. The van der Waals surface area contributed by atoms with Crippen LogP contribution in [0.2, 0.25) is 10.0 Å². The maximum Gasteiger partial charge on any atom is 0.0638 e. The molecule has 1 nitrogen and oxygen atoms in total. The molecule has 0 atom stereocenters. The molecule has 94 valence electrons. The van der Waals surface area contributed by atoms with E-state index in [1.165, 1.54) is 11.1 Å². The topological polar surface area (TPSA) is 12.0 Å². The molecule has 2 rings (SSSR count). The molecule has 0 saturated heterocycles. The van der Waals surface area contributed by atoms with Gasteiger partial charge < -0.3 is 5.32 Å². The average Bonchev–Trinajstić information content (AvgIpc) is 2.34. The Hall–Kier alpha value is -0.700. The van der Waals surface area contributed by atoms with Crippen LogP contribution in [0.3, 0.4) is 0 Å². The van der Waals surface area contributed by atoms with E-state index >= 15 is 0 Å². The normalized spacial score (nSPS) is 10.4. The third-order valence-corrected chi connectivity index (χ3v) is 4.09. The van der Waals surface area contributed by atoms with Crippen molar-refractivity contribution in [3.8, 4) is 0 Å². The molecule has 2 aromatic rings. The number of hydrogen-bond acceptors (Lipinski definition) is 1. The quantitative estimate of drug-likeness (QED) is 0.755. The second-order valence-electron chi connectivity index (χ2n) is 4.06. The fourth-order valence-electron chi connectivity index (χ4n) is 1.65. The zero-order chi connectivity index (χ0) is 13.1. The molecule has 0 aliphatic rings. The first kappa shape index (κ1) is 13.7. The average molecular weight is 345 g/mol. The van der Waals surface area contributed by atoms with Gasteiger partial charge >= 0.3 is 0 Å². The van der Waals surface area contributed by atoms with Gasteiger partial charge in [-0.15, -0.1) is 0 Å². The van der Waals surface area contributed by atoms with Gasteiger partial charge in [-0.3, -0.25) is 0 Å². The van der Waals surface area contributed by atoms with Crippen LogP contribution >= 0.6 is 39.1 Å². The molecular formula is C14H12BrCl2N. The van der Waals surface area contributed by atoms with Crippen LogP contribution in [0.15, 0.2) is 40.9 Å². The van der Waals surface area contributed by atoms with E-state index in [0.717, 1.165) is 10.2 Å². The van der Waals surface area contributed by atoms with E-state index in [1.54, 1.807) is 12.1 Å². The molecule has 0 radical (unpaired) electrons. The van der Waals surface area contributed by atoms with Crippen LogP contribution in [0.5, 0.6) is 0 Å². The highest BCUT2D eigenvalue weighted by atomic mass is 79.9. The van der Waals surface area contributed by atoms with Crippen LogP contribution in [0.1, 0.15) is 11.1 Å². The summed E-state index contributed by atoms with van der Waals surface area (Å²) in [5, 5.41) is 4.63. The summed E-state index contributed by atoms with van der Waals surface area (Å²) in [6.45, 7) is 2.79. The van der Waals surface area contributed by atoms with Gasteiger partial charge in [-0.25, -0.2) is 0 Å². The van der Waals surface area contributed by atoms with Gasteiger partial charge in [0.15, 0.2) is 0 Å². The van der Waals surface area contributed by atoms with Crippen molar-refractivity contribution in [1.82, 2.24) is 0 Å². The van der Waals surface area contributed by atoms with Crippen molar-refractivity contribution in [2.24, 2.45) is 0 Å². The van der Waals surface area contributed by atoms with Crippen molar-refractivity contribution < 1.29 is 0 Å². The largest absolute Gasteiger partial charge is 0.380 e. The smallest absolute Gasteiger partial charge is 0.0638 e. The lowest BCUT2D eigenvalue weighted by atomic mass is 10.1. The highest BCUT2D eigenvalue weighted by molar-refractivity contribution is 9.10. The van der Waals surface area contributed by atoms with Crippen molar-refractivity contribution in [3.05, 3.63) is 62.0 Å². The predicted molar refractivity (Wildman–Crippen MR) is 82.7 cm³/mol. The van der Waals surface area contributed by atoms with E-state index in [-0.39, 0.29) is 0 Å². The summed E-state index contributed by atoms with van der Waals surface area (Å²) in [4.78, 5) is 0. The van der Waals surface area contributed by atoms with E-state index in [0.29, 0.717) is 16.6 Å². The molecule has 0 aliphatic carbocycles. The van der Waals surface area contributed by atoms with Gasteiger partial charge in [0.2, 0.25) is 0 Å². The van der Waals surface area contributed by atoms with E-state index in [4.69, 9.17) is 23.2 Å². The molecule has 0 amide bonds. The zero-order valence-corrected chi connectivity index (χ0v) is 12.9. The Morgan fingerprint density at radius 3 is 2.61 bits per heavy atom. The molecule has 1 N–H and O–H groups in total. The second-order valence-corrected chi connectivity index (χ2v) is 5.76. The van der Waals surface area contributed by atoms with Gasteiger partial charge in [0, 0.05) is 16.0 Å². The zero-order valence-electron chi connectivity index (χ0n) is 9.81. The summed E-state index contributed by atoms with van der Waals surface area (Å²) in [5.41, 5.74) is 3.27. The monoisotopic (exact) mass is 343 g/mol. The first-order chi connectivity index (χ1) is 8.56. The van der Waals surface area contributed by atoms with Gasteiger partial charge in [0.05, 0.1) is 10.7 Å². The second kappa shape index (κ2) is 5.96. The molecule has 2 aromatic carbocycles. The first-order valence-electron chi connectivity index (χ1n) is 5.50. The third kappa shape index (κ3) is 3.41. The molecule has 0 heterocycles. The van der Waals surface area contributed by atoms with Crippen molar-refractivity contribution in [2.45, 2.75) is 13.5 Å². The molecule has 0 saturated carbocycles. The Labute approximate surface area is 125 Å². The molecule has 0 unspecified atom stereocenters. The van der Waals surface area contributed by atoms with E-state index in [2.05, 4.69) is 40.3 Å². The lowest BCUT2D eigenvalue weighted by Crippen LogP contribution is -2.00. The number of nitrogens with one attached hydrogen (secondary N) is 1. The van der Waals surface area contributed by atoms with E-state index in [9.17, 15) is 0 Å². The number of aryl methyl sites for hydroxylation is 1. The van der Waals surface area contributed by atoms with Crippen LogP contribution in [0, 0.1) is 6.92 Å².